The van der Waals surface area contributed by atoms with Crippen LogP contribution in [-0.4, -0.2) is 37.3 Å². The highest BCUT2D eigenvalue weighted by Crippen LogP contribution is 2.43. The molecule has 2 aliphatic rings. The molecule has 1 fully saturated rings. The van der Waals surface area contributed by atoms with E-state index >= 15 is 0 Å². The van der Waals surface area contributed by atoms with Gasteiger partial charge in [0.1, 0.15) is 30.5 Å². The lowest BCUT2D eigenvalue weighted by atomic mass is 9.69. The molecule has 0 spiro atoms. The summed E-state index contributed by atoms with van der Waals surface area (Å²) in [6.45, 7) is 4.62. The van der Waals surface area contributed by atoms with Crippen molar-refractivity contribution in [3.05, 3.63) is 71.4 Å². The Bertz CT molecular complexity index is 1070. The van der Waals surface area contributed by atoms with Crippen LogP contribution >= 0.6 is 0 Å². The van der Waals surface area contributed by atoms with Crippen molar-refractivity contribution in [1.82, 2.24) is 0 Å². The highest BCUT2D eigenvalue weighted by Gasteiger charge is 2.43. The van der Waals surface area contributed by atoms with Crippen LogP contribution in [0.3, 0.4) is 0 Å². The van der Waals surface area contributed by atoms with E-state index in [4.69, 9.17) is 14.2 Å². The first kappa shape index (κ1) is 22.8. The highest BCUT2D eigenvalue weighted by atomic mass is 16.6. The van der Waals surface area contributed by atoms with Crippen molar-refractivity contribution in [2.24, 2.45) is 10.9 Å². The van der Waals surface area contributed by atoms with Crippen LogP contribution in [0.15, 0.2) is 70.9 Å². The minimum atomic E-state index is -0.461. The Morgan fingerprint density at radius 1 is 0.970 bits per heavy atom. The van der Waals surface area contributed by atoms with Gasteiger partial charge >= 0.3 is 5.97 Å². The number of Topliss-reactive ketones (excluding diaryl/α,β-unsaturated/α-hetero) is 1. The minimum absolute atomic E-state index is 0.103. The summed E-state index contributed by atoms with van der Waals surface area (Å²) in [7, 11) is 0. The van der Waals surface area contributed by atoms with E-state index in [1.165, 1.54) is 0 Å². The molecule has 6 nitrogen and oxygen atoms in total. The van der Waals surface area contributed by atoms with Crippen molar-refractivity contribution in [3.8, 4) is 11.5 Å². The molecule has 1 heterocycles. The standard InChI is InChI=1S/C27H29NO5/c1-3-31-21-12-7-9-19(17-21)25-24(18(2)28-22-13-8-14-23(29)26(22)25)27(30)33-16-15-32-20-10-5-4-6-11-20/h4-7,9-12,17,25-26H,3,8,13-16H2,1-2H3/t25-,26?/m0/s1. The Hall–Kier alpha value is -3.41. The fraction of sp³-hybridized carbons (Fsp3) is 0.370. The number of fused-ring (bicyclic) bond motifs is 1. The summed E-state index contributed by atoms with van der Waals surface area (Å²) in [4.78, 5) is 30.9. The van der Waals surface area contributed by atoms with E-state index in [0.29, 0.717) is 35.8 Å². The van der Waals surface area contributed by atoms with Gasteiger partial charge in [0.25, 0.3) is 0 Å². The Kier molecular flexibility index (Phi) is 7.23. The molecule has 4 rings (SSSR count). The number of allylic oxidation sites excluding steroid dienone is 1. The third-order valence-corrected chi connectivity index (χ3v) is 5.98. The van der Waals surface area contributed by atoms with Gasteiger partial charge in [0.15, 0.2) is 0 Å². The van der Waals surface area contributed by atoms with Gasteiger partial charge < -0.3 is 14.2 Å². The Morgan fingerprint density at radius 2 is 1.76 bits per heavy atom. The fourth-order valence-electron chi connectivity index (χ4n) is 4.60. The smallest absolute Gasteiger partial charge is 0.336 e. The third-order valence-electron chi connectivity index (χ3n) is 5.98. The molecule has 2 atom stereocenters. The lowest BCUT2D eigenvalue weighted by molar-refractivity contribution is -0.140. The SMILES string of the molecule is CCOc1cccc([C@H]2C(C(=O)OCCOc3ccccc3)=C(C)N=C3CCCC(=O)C32)c1. The normalized spacial score (nSPS) is 20.1. The van der Waals surface area contributed by atoms with Crippen molar-refractivity contribution >= 4 is 17.5 Å². The molecule has 0 bridgehead atoms. The molecule has 1 unspecified atom stereocenters. The van der Waals surface area contributed by atoms with Crippen LogP contribution < -0.4 is 9.47 Å². The van der Waals surface area contributed by atoms with Gasteiger partial charge in [0.05, 0.1) is 18.1 Å². The molecular formula is C27H29NO5. The number of ketones is 1. The number of aliphatic imine (C=N–C) groups is 1. The lowest BCUT2D eigenvalue weighted by Gasteiger charge is -2.35. The summed E-state index contributed by atoms with van der Waals surface area (Å²) < 4.78 is 16.9. The first-order valence-electron chi connectivity index (χ1n) is 11.5. The maximum Gasteiger partial charge on any atom is 0.336 e. The molecule has 1 aliphatic heterocycles. The van der Waals surface area contributed by atoms with E-state index in [0.717, 1.165) is 24.1 Å². The van der Waals surface area contributed by atoms with Crippen LogP contribution in [0.2, 0.25) is 0 Å². The molecule has 1 aliphatic carbocycles. The van der Waals surface area contributed by atoms with Crippen molar-refractivity contribution in [2.75, 3.05) is 19.8 Å². The maximum absolute atomic E-state index is 13.2. The minimum Gasteiger partial charge on any atom is -0.494 e. The van der Waals surface area contributed by atoms with Gasteiger partial charge in [-0.25, -0.2) is 4.79 Å². The van der Waals surface area contributed by atoms with Gasteiger partial charge in [-0.3, -0.25) is 9.79 Å². The quantitative estimate of drug-likeness (QED) is 0.426. The molecule has 2 aromatic carbocycles. The fourth-order valence-corrected chi connectivity index (χ4v) is 4.60. The average Bonchev–Trinajstić information content (AvgIpc) is 2.82. The van der Waals surface area contributed by atoms with Crippen LogP contribution in [-0.2, 0) is 14.3 Å². The molecule has 0 saturated heterocycles. The number of benzene rings is 2. The van der Waals surface area contributed by atoms with Crippen molar-refractivity contribution in [1.29, 1.82) is 0 Å². The number of esters is 1. The van der Waals surface area contributed by atoms with E-state index in [9.17, 15) is 9.59 Å². The summed E-state index contributed by atoms with van der Waals surface area (Å²) in [6.07, 6.45) is 2.06. The van der Waals surface area contributed by atoms with Crippen LogP contribution in [0, 0.1) is 5.92 Å². The predicted molar refractivity (Wildman–Crippen MR) is 126 cm³/mol. The van der Waals surface area contributed by atoms with Crippen molar-refractivity contribution in [3.63, 3.8) is 0 Å². The Labute approximate surface area is 194 Å². The molecule has 0 amide bonds. The zero-order valence-electron chi connectivity index (χ0n) is 19.1. The number of rotatable bonds is 8. The largest absolute Gasteiger partial charge is 0.494 e. The van der Waals surface area contributed by atoms with Crippen LogP contribution in [0.1, 0.15) is 44.6 Å². The lowest BCUT2D eigenvalue weighted by Crippen LogP contribution is -2.39. The topological polar surface area (TPSA) is 74.2 Å². The van der Waals surface area contributed by atoms with Gasteiger partial charge in [0.2, 0.25) is 0 Å². The summed E-state index contributed by atoms with van der Waals surface area (Å²) >= 11 is 0. The van der Waals surface area contributed by atoms with Gasteiger partial charge in [-0.05, 0) is 56.5 Å². The number of hydrogen-bond donors (Lipinski definition) is 0. The average molecular weight is 448 g/mol. The Balaban J connectivity index is 1.58. The summed E-state index contributed by atoms with van der Waals surface area (Å²) in [5.74, 6) is 0.211. The number of para-hydroxylation sites is 1. The summed E-state index contributed by atoms with van der Waals surface area (Å²) in [6, 6.07) is 17.0. The van der Waals surface area contributed by atoms with Gasteiger partial charge in [0, 0.05) is 23.7 Å². The van der Waals surface area contributed by atoms with Crippen LogP contribution in [0.5, 0.6) is 11.5 Å². The first-order valence-corrected chi connectivity index (χ1v) is 11.5. The molecule has 0 N–H and O–H groups in total. The van der Waals surface area contributed by atoms with Gasteiger partial charge in [-0.2, -0.15) is 0 Å². The van der Waals surface area contributed by atoms with Gasteiger partial charge in [-0.15, -0.1) is 0 Å². The molecule has 0 radical (unpaired) electrons. The summed E-state index contributed by atoms with van der Waals surface area (Å²) in [5.41, 5.74) is 2.77. The molecule has 172 valence electrons. The molecule has 6 heteroatoms. The molecule has 0 aromatic heterocycles. The first-order chi connectivity index (χ1) is 16.1. The van der Waals surface area contributed by atoms with E-state index in [1.54, 1.807) is 0 Å². The number of ether oxygens (including phenoxy) is 3. The third kappa shape index (κ3) is 5.16. The second-order valence-corrected chi connectivity index (χ2v) is 8.18. The summed E-state index contributed by atoms with van der Waals surface area (Å²) in [5, 5.41) is 0. The second kappa shape index (κ2) is 10.5. The zero-order chi connectivity index (χ0) is 23.2. The van der Waals surface area contributed by atoms with Crippen LogP contribution in [0.25, 0.3) is 0 Å². The maximum atomic E-state index is 13.2. The van der Waals surface area contributed by atoms with E-state index in [2.05, 4.69) is 4.99 Å². The van der Waals surface area contributed by atoms with Crippen LogP contribution in [0.4, 0.5) is 0 Å². The number of hydrogen-bond acceptors (Lipinski definition) is 6. The van der Waals surface area contributed by atoms with Crippen molar-refractivity contribution in [2.45, 2.75) is 39.0 Å². The predicted octanol–water partition coefficient (Wildman–Crippen LogP) is 4.89. The van der Waals surface area contributed by atoms with E-state index < -0.39 is 17.8 Å². The second-order valence-electron chi connectivity index (χ2n) is 8.18. The number of carbonyl (C=O) groups is 2. The molecular weight excluding hydrogens is 418 g/mol. The number of carbonyl (C=O) groups excluding carboxylic acids is 2. The molecule has 33 heavy (non-hydrogen) atoms. The van der Waals surface area contributed by atoms with Gasteiger partial charge in [-0.1, -0.05) is 30.3 Å². The monoisotopic (exact) mass is 447 g/mol. The van der Waals surface area contributed by atoms with E-state index in [-0.39, 0.29) is 19.0 Å². The highest BCUT2D eigenvalue weighted by molar-refractivity contribution is 6.11. The Morgan fingerprint density at radius 3 is 2.55 bits per heavy atom. The molecule has 1 saturated carbocycles. The number of nitrogens with zero attached hydrogens (tertiary/aromatic N) is 1. The van der Waals surface area contributed by atoms with Crippen molar-refractivity contribution < 1.29 is 23.8 Å². The molecule has 2 aromatic rings. The zero-order valence-corrected chi connectivity index (χ0v) is 19.1. The van der Waals surface area contributed by atoms with E-state index in [1.807, 2.05) is 68.4 Å².